The molecule has 3 aromatic rings. The molecule has 106 valence electrons. The molecule has 21 heavy (non-hydrogen) atoms. The number of oxazole rings is 1. The second-order valence-corrected chi connectivity index (χ2v) is 5.08. The largest absolute Gasteiger partial charge is 0.441 e. The molecule has 0 aliphatic rings. The molecular formula is C18H18N2O. The third-order valence-corrected chi connectivity index (χ3v) is 3.50. The number of aromatic nitrogens is 1. The van der Waals surface area contributed by atoms with Crippen LogP contribution in [-0.2, 0) is 6.54 Å². The van der Waals surface area contributed by atoms with Crippen LogP contribution in [0.5, 0.6) is 0 Å². The quantitative estimate of drug-likeness (QED) is 0.713. The van der Waals surface area contributed by atoms with Gasteiger partial charge in [0.1, 0.15) is 11.5 Å². The number of aryl methyl sites for hydroxylation is 1. The minimum absolute atomic E-state index is 0.685. The first-order valence-corrected chi connectivity index (χ1v) is 7.02. The Labute approximate surface area is 124 Å². The van der Waals surface area contributed by atoms with Crippen molar-refractivity contribution in [3.8, 4) is 11.5 Å². The minimum atomic E-state index is 0.685. The highest BCUT2D eigenvalue weighted by Gasteiger charge is 2.13. The number of benzene rings is 2. The van der Waals surface area contributed by atoms with Crippen LogP contribution in [0.4, 0.5) is 5.69 Å². The van der Waals surface area contributed by atoms with Crippen molar-refractivity contribution in [2.45, 2.75) is 13.5 Å². The maximum atomic E-state index is 5.80. The fourth-order valence-electron chi connectivity index (χ4n) is 2.28. The molecule has 3 nitrogen and oxygen atoms in total. The Morgan fingerprint density at radius 3 is 2.24 bits per heavy atom. The highest BCUT2D eigenvalue weighted by molar-refractivity contribution is 5.53. The molecule has 3 rings (SSSR count). The van der Waals surface area contributed by atoms with Gasteiger partial charge in [0.15, 0.2) is 0 Å². The van der Waals surface area contributed by atoms with E-state index in [1.807, 2.05) is 55.5 Å². The molecule has 0 fully saturated rings. The SMILES string of the molecule is Cc1oc(-c2ccccc2)nc1CN(C)c1ccccc1. The van der Waals surface area contributed by atoms with Crippen LogP contribution in [0.2, 0.25) is 0 Å². The molecule has 0 aliphatic carbocycles. The van der Waals surface area contributed by atoms with Crippen molar-refractivity contribution >= 4 is 5.69 Å². The summed E-state index contributed by atoms with van der Waals surface area (Å²) in [4.78, 5) is 6.80. The van der Waals surface area contributed by atoms with E-state index in [1.54, 1.807) is 0 Å². The number of hydrogen-bond donors (Lipinski definition) is 0. The van der Waals surface area contributed by atoms with Crippen molar-refractivity contribution < 1.29 is 4.42 Å². The van der Waals surface area contributed by atoms with Gasteiger partial charge in [0.25, 0.3) is 0 Å². The molecule has 0 unspecified atom stereocenters. The monoisotopic (exact) mass is 278 g/mol. The third kappa shape index (κ3) is 2.97. The van der Waals surface area contributed by atoms with Crippen LogP contribution in [0, 0.1) is 6.92 Å². The van der Waals surface area contributed by atoms with Gasteiger partial charge >= 0.3 is 0 Å². The second-order valence-electron chi connectivity index (χ2n) is 5.08. The predicted octanol–water partition coefficient (Wildman–Crippen LogP) is 4.29. The van der Waals surface area contributed by atoms with Gasteiger partial charge in [-0.15, -0.1) is 0 Å². The first-order valence-electron chi connectivity index (χ1n) is 7.02. The van der Waals surface area contributed by atoms with Crippen LogP contribution < -0.4 is 4.90 Å². The number of para-hydroxylation sites is 1. The normalized spacial score (nSPS) is 10.6. The summed E-state index contributed by atoms with van der Waals surface area (Å²) in [6.45, 7) is 2.69. The molecule has 0 bridgehead atoms. The van der Waals surface area contributed by atoms with E-state index in [4.69, 9.17) is 4.42 Å². The highest BCUT2D eigenvalue weighted by atomic mass is 16.4. The standard InChI is InChI=1S/C18H18N2O/c1-14-17(13-20(2)16-11-7-4-8-12-16)19-18(21-14)15-9-5-3-6-10-15/h3-12H,13H2,1-2H3. The molecule has 0 spiro atoms. The smallest absolute Gasteiger partial charge is 0.226 e. The summed E-state index contributed by atoms with van der Waals surface area (Å²) in [7, 11) is 2.06. The molecule has 3 heteroatoms. The summed E-state index contributed by atoms with van der Waals surface area (Å²) in [6.07, 6.45) is 0. The van der Waals surface area contributed by atoms with Crippen molar-refractivity contribution in [2.24, 2.45) is 0 Å². The Hall–Kier alpha value is -2.55. The molecule has 0 N–H and O–H groups in total. The molecule has 0 radical (unpaired) electrons. The fraction of sp³-hybridized carbons (Fsp3) is 0.167. The first-order chi connectivity index (χ1) is 10.2. The van der Waals surface area contributed by atoms with Gasteiger partial charge in [0.2, 0.25) is 5.89 Å². The van der Waals surface area contributed by atoms with Gasteiger partial charge in [-0.1, -0.05) is 36.4 Å². The van der Waals surface area contributed by atoms with Crippen molar-refractivity contribution in [1.29, 1.82) is 0 Å². The molecule has 1 heterocycles. The first kappa shape index (κ1) is 13.4. The highest BCUT2D eigenvalue weighted by Crippen LogP contribution is 2.23. The number of rotatable bonds is 4. The van der Waals surface area contributed by atoms with Gasteiger partial charge in [-0.05, 0) is 31.2 Å². The van der Waals surface area contributed by atoms with E-state index in [1.165, 1.54) is 5.69 Å². The number of anilines is 1. The molecule has 0 atom stereocenters. The Morgan fingerprint density at radius 1 is 0.952 bits per heavy atom. The predicted molar refractivity (Wildman–Crippen MR) is 85.2 cm³/mol. The van der Waals surface area contributed by atoms with E-state index < -0.39 is 0 Å². The second kappa shape index (κ2) is 5.83. The summed E-state index contributed by atoms with van der Waals surface area (Å²) in [5.74, 6) is 1.56. The van der Waals surface area contributed by atoms with Crippen LogP contribution in [-0.4, -0.2) is 12.0 Å². The lowest BCUT2D eigenvalue weighted by atomic mass is 10.2. The zero-order chi connectivity index (χ0) is 14.7. The maximum Gasteiger partial charge on any atom is 0.226 e. The number of hydrogen-bond acceptors (Lipinski definition) is 3. The molecule has 2 aromatic carbocycles. The van der Waals surface area contributed by atoms with Crippen LogP contribution in [0.25, 0.3) is 11.5 Å². The summed E-state index contributed by atoms with van der Waals surface area (Å²) in [5, 5.41) is 0. The minimum Gasteiger partial charge on any atom is -0.441 e. The van der Waals surface area contributed by atoms with Crippen LogP contribution >= 0.6 is 0 Å². The van der Waals surface area contributed by atoms with E-state index >= 15 is 0 Å². The van der Waals surface area contributed by atoms with E-state index in [-0.39, 0.29) is 0 Å². The summed E-state index contributed by atoms with van der Waals surface area (Å²) < 4.78 is 5.80. The van der Waals surface area contributed by atoms with Gasteiger partial charge in [0.05, 0.1) is 6.54 Å². The average molecular weight is 278 g/mol. The van der Waals surface area contributed by atoms with Crippen LogP contribution in [0.3, 0.4) is 0 Å². The molecule has 0 amide bonds. The zero-order valence-corrected chi connectivity index (χ0v) is 12.3. The van der Waals surface area contributed by atoms with Crippen LogP contribution in [0.15, 0.2) is 65.1 Å². The Kier molecular flexibility index (Phi) is 3.73. The summed E-state index contributed by atoms with van der Waals surface area (Å²) >= 11 is 0. The lowest BCUT2D eigenvalue weighted by Crippen LogP contribution is -2.16. The van der Waals surface area contributed by atoms with Crippen molar-refractivity contribution in [3.05, 3.63) is 72.1 Å². The van der Waals surface area contributed by atoms with E-state index in [2.05, 4.69) is 29.1 Å². The van der Waals surface area contributed by atoms with E-state index in [0.717, 1.165) is 23.6 Å². The number of nitrogens with zero attached hydrogens (tertiary/aromatic N) is 2. The van der Waals surface area contributed by atoms with Gasteiger partial charge < -0.3 is 9.32 Å². The van der Waals surface area contributed by atoms with Gasteiger partial charge in [-0.25, -0.2) is 4.98 Å². The molecule has 0 saturated carbocycles. The topological polar surface area (TPSA) is 29.3 Å². The molecular weight excluding hydrogens is 260 g/mol. The van der Waals surface area contributed by atoms with Crippen molar-refractivity contribution in [1.82, 2.24) is 4.98 Å². The Bertz CT molecular complexity index is 705. The third-order valence-electron chi connectivity index (χ3n) is 3.50. The summed E-state index contributed by atoms with van der Waals surface area (Å²) in [5.41, 5.74) is 3.15. The molecule has 0 aliphatic heterocycles. The Balaban J connectivity index is 1.82. The van der Waals surface area contributed by atoms with Gasteiger partial charge in [-0.2, -0.15) is 0 Å². The van der Waals surface area contributed by atoms with Gasteiger partial charge in [0, 0.05) is 18.3 Å². The average Bonchev–Trinajstić information content (AvgIpc) is 2.90. The summed E-state index contributed by atoms with van der Waals surface area (Å²) in [6, 6.07) is 20.3. The van der Waals surface area contributed by atoms with Gasteiger partial charge in [-0.3, -0.25) is 0 Å². The van der Waals surface area contributed by atoms with Crippen molar-refractivity contribution in [2.75, 3.05) is 11.9 Å². The molecule has 0 saturated heterocycles. The van der Waals surface area contributed by atoms with E-state index in [0.29, 0.717) is 5.89 Å². The zero-order valence-electron chi connectivity index (χ0n) is 12.3. The lowest BCUT2D eigenvalue weighted by molar-refractivity contribution is 0.539. The van der Waals surface area contributed by atoms with E-state index in [9.17, 15) is 0 Å². The van der Waals surface area contributed by atoms with Crippen LogP contribution in [0.1, 0.15) is 11.5 Å². The fourth-order valence-corrected chi connectivity index (χ4v) is 2.28. The lowest BCUT2D eigenvalue weighted by Gasteiger charge is -2.17. The Morgan fingerprint density at radius 2 is 1.57 bits per heavy atom. The molecule has 1 aromatic heterocycles. The van der Waals surface area contributed by atoms with Crippen molar-refractivity contribution in [3.63, 3.8) is 0 Å². The maximum absolute atomic E-state index is 5.80.